The number of hydrogen-bond donors (Lipinski definition) is 6. The van der Waals surface area contributed by atoms with E-state index < -0.39 is 48.9 Å². The Balaban J connectivity index is 2.59. The molecule has 0 saturated carbocycles. The number of carbonyl (C=O) groups is 4. The fourth-order valence-electron chi connectivity index (χ4n) is 4.41. The van der Waals surface area contributed by atoms with Crippen LogP contribution >= 0.6 is 0 Å². The van der Waals surface area contributed by atoms with Crippen LogP contribution in [0.25, 0.3) is 0 Å². The van der Waals surface area contributed by atoms with Gasteiger partial charge in [-0.2, -0.15) is 0 Å². The molecule has 0 bridgehead atoms. The third kappa shape index (κ3) is 9.22. The van der Waals surface area contributed by atoms with Crippen LogP contribution in [0.5, 0.6) is 5.75 Å². The Morgan fingerprint density at radius 1 is 0.895 bits per heavy atom. The molecule has 2 rings (SSSR count). The Bertz CT molecular complexity index is 960. The van der Waals surface area contributed by atoms with E-state index in [1.165, 1.54) is 34.1 Å². The molecule has 14 nitrogen and oxygen atoms in total. The summed E-state index contributed by atoms with van der Waals surface area (Å²) < 4.78 is 6.13. The van der Waals surface area contributed by atoms with E-state index in [0.717, 1.165) is 0 Å². The van der Waals surface area contributed by atoms with Crippen molar-refractivity contribution in [2.45, 2.75) is 31.7 Å². The van der Waals surface area contributed by atoms with Crippen molar-refractivity contribution in [3.05, 3.63) is 29.8 Å². The third-order valence-corrected chi connectivity index (χ3v) is 6.13. The lowest BCUT2D eigenvalue weighted by atomic mass is 10.0. The number of carboxylic acid groups (broad SMARTS) is 4. The number of hydrogen-bond acceptors (Lipinski definition) is 10. The Morgan fingerprint density at radius 3 is 2.05 bits per heavy atom. The van der Waals surface area contributed by atoms with Gasteiger partial charge in [0.2, 0.25) is 0 Å². The molecule has 14 heteroatoms. The molecular weight excluding hydrogens is 504 g/mol. The van der Waals surface area contributed by atoms with E-state index in [2.05, 4.69) is 5.32 Å². The summed E-state index contributed by atoms with van der Waals surface area (Å²) in [6, 6.07) is 5.32. The topological polar surface area (TPSA) is 200 Å². The molecule has 1 aromatic rings. The van der Waals surface area contributed by atoms with Crippen molar-refractivity contribution in [2.75, 3.05) is 58.9 Å². The number of nitrogens with one attached hydrogen (secondary N) is 1. The first kappa shape index (κ1) is 30.9. The molecule has 1 aromatic carbocycles. The maximum atomic E-state index is 12.1. The molecule has 1 saturated heterocycles. The second kappa shape index (κ2) is 14.6. The van der Waals surface area contributed by atoms with Gasteiger partial charge in [0.1, 0.15) is 5.75 Å². The van der Waals surface area contributed by atoms with Gasteiger partial charge in [-0.05, 0) is 30.7 Å². The van der Waals surface area contributed by atoms with Crippen molar-refractivity contribution in [1.82, 2.24) is 20.0 Å². The van der Waals surface area contributed by atoms with E-state index in [1.807, 2.05) is 0 Å². The molecule has 38 heavy (non-hydrogen) atoms. The van der Waals surface area contributed by atoms with Crippen molar-refractivity contribution in [3.63, 3.8) is 0 Å². The zero-order valence-corrected chi connectivity index (χ0v) is 21.3. The summed E-state index contributed by atoms with van der Waals surface area (Å²) in [4.78, 5) is 50.6. The molecule has 1 heterocycles. The number of carboxylic acids is 4. The molecular formula is C24H36N4O10. The minimum atomic E-state index is -1.98. The summed E-state index contributed by atoms with van der Waals surface area (Å²) in [6.07, 6.45) is -0.989. The van der Waals surface area contributed by atoms with Crippen LogP contribution in [0.2, 0.25) is 0 Å². The molecule has 0 aromatic heterocycles. The molecule has 0 radical (unpaired) electrons. The van der Waals surface area contributed by atoms with E-state index in [-0.39, 0.29) is 50.5 Å². The lowest BCUT2D eigenvalue weighted by molar-refractivity contribution is -0.223. The van der Waals surface area contributed by atoms with Crippen molar-refractivity contribution in [3.8, 4) is 5.75 Å². The van der Waals surface area contributed by atoms with Gasteiger partial charge in [-0.25, -0.2) is 4.79 Å². The molecule has 2 atom stereocenters. The highest BCUT2D eigenvalue weighted by atomic mass is 16.5. The molecule has 0 spiro atoms. The summed E-state index contributed by atoms with van der Waals surface area (Å²) in [5.74, 6) is -4.51. The van der Waals surface area contributed by atoms with Crippen molar-refractivity contribution in [2.24, 2.45) is 0 Å². The highest BCUT2D eigenvalue weighted by Crippen LogP contribution is 2.30. The molecule has 0 aliphatic carbocycles. The average molecular weight is 541 g/mol. The van der Waals surface area contributed by atoms with Crippen LogP contribution in [0.1, 0.15) is 30.1 Å². The quantitative estimate of drug-likeness (QED) is 0.207. The first-order valence-corrected chi connectivity index (χ1v) is 12.3. The highest BCUT2D eigenvalue weighted by Gasteiger charge is 2.47. The van der Waals surface area contributed by atoms with Gasteiger partial charge in [0.25, 0.3) is 0 Å². The Hall–Kier alpha value is -3.30. The largest absolute Gasteiger partial charge is 0.480 e. The molecule has 0 amide bonds. The predicted molar refractivity (Wildman–Crippen MR) is 133 cm³/mol. The number of nitrogens with zero attached hydrogens (tertiary/aromatic N) is 3. The van der Waals surface area contributed by atoms with Crippen molar-refractivity contribution >= 4 is 23.9 Å². The van der Waals surface area contributed by atoms with Crippen LogP contribution in [0.15, 0.2) is 24.3 Å². The Labute approximate surface area is 220 Å². The summed E-state index contributed by atoms with van der Waals surface area (Å²) in [5.41, 5.74) is -1.99. The Kier molecular flexibility index (Phi) is 11.9. The smallest absolute Gasteiger partial charge is 0.335 e. The van der Waals surface area contributed by atoms with Crippen LogP contribution < -0.4 is 10.1 Å². The van der Waals surface area contributed by atoms with Gasteiger partial charge >= 0.3 is 23.9 Å². The van der Waals surface area contributed by atoms with E-state index in [1.54, 1.807) is 11.8 Å². The van der Waals surface area contributed by atoms with Gasteiger partial charge in [-0.3, -0.25) is 29.1 Å². The zero-order chi connectivity index (χ0) is 28.3. The minimum absolute atomic E-state index is 0.00913. The summed E-state index contributed by atoms with van der Waals surface area (Å²) in [7, 11) is 0. The molecule has 2 unspecified atom stereocenters. The fraction of sp³-hybridized carbons (Fsp3) is 0.583. The predicted octanol–water partition coefficient (Wildman–Crippen LogP) is -0.659. The highest BCUT2D eigenvalue weighted by molar-refractivity contribution is 5.87. The van der Waals surface area contributed by atoms with Crippen LogP contribution in [0, 0.1) is 0 Å². The van der Waals surface area contributed by atoms with Gasteiger partial charge in [-0.1, -0.05) is 13.3 Å². The first-order valence-electron chi connectivity index (χ1n) is 12.3. The third-order valence-electron chi connectivity index (χ3n) is 6.13. The number of aliphatic hydroxyl groups is 1. The normalized spacial score (nSPS) is 22.6. The molecule has 1 fully saturated rings. The second-order valence-electron chi connectivity index (χ2n) is 9.03. The summed E-state index contributed by atoms with van der Waals surface area (Å²) in [5, 5.41) is 53.0. The van der Waals surface area contributed by atoms with E-state index in [0.29, 0.717) is 19.5 Å². The van der Waals surface area contributed by atoms with Crippen molar-refractivity contribution in [1.29, 1.82) is 0 Å². The number of rotatable bonds is 11. The number of aliphatic carboxylic acids is 3. The number of aromatic carboxylic acids is 1. The number of benzene rings is 1. The van der Waals surface area contributed by atoms with Gasteiger partial charge in [-0.15, -0.1) is 0 Å². The second-order valence-corrected chi connectivity index (χ2v) is 9.03. The lowest BCUT2D eigenvalue weighted by Gasteiger charge is -2.48. The van der Waals surface area contributed by atoms with E-state index >= 15 is 0 Å². The van der Waals surface area contributed by atoms with Crippen LogP contribution in [0.4, 0.5) is 0 Å². The minimum Gasteiger partial charge on any atom is -0.480 e. The van der Waals surface area contributed by atoms with Gasteiger partial charge in [0.15, 0.2) is 12.0 Å². The van der Waals surface area contributed by atoms with E-state index in [9.17, 15) is 44.7 Å². The average Bonchev–Trinajstić information content (AvgIpc) is 2.83. The maximum Gasteiger partial charge on any atom is 0.335 e. The SMILES string of the molecule is CCCC1(O)C(Oc2ccc(C(=O)O)cc2)N(CC(=O)O)CCN(CC(=O)O)CCNCCN1CC(=O)O. The fourth-order valence-corrected chi connectivity index (χ4v) is 4.41. The van der Waals surface area contributed by atoms with Crippen LogP contribution in [-0.4, -0.2) is 135 Å². The monoisotopic (exact) mass is 540 g/mol. The molecule has 1 aliphatic rings. The van der Waals surface area contributed by atoms with Crippen LogP contribution in [-0.2, 0) is 14.4 Å². The zero-order valence-electron chi connectivity index (χ0n) is 21.3. The summed E-state index contributed by atoms with van der Waals surface area (Å²) in [6.45, 7) is 1.52. The van der Waals surface area contributed by atoms with Gasteiger partial charge < -0.3 is 35.6 Å². The standard InChI is InChI=1S/C24H36N4O10/c1-2-7-24(37)23(38-18-5-3-17(4-6-18)22(35)36)27(15-20(31)32)13-12-26(14-19(29)30)10-8-25-9-11-28(24)16-21(33)34/h3-6,23,25,37H,2,7-16H2,1H3,(H,29,30)(H,31,32)(H,33,34)(H,35,36). The van der Waals surface area contributed by atoms with Crippen molar-refractivity contribution < 1.29 is 49.4 Å². The van der Waals surface area contributed by atoms with Gasteiger partial charge in [0.05, 0.1) is 25.2 Å². The molecule has 212 valence electrons. The molecule has 6 N–H and O–H groups in total. The lowest BCUT2D eigenvalue weighted by Crippen LogP contribution is -2.67. The van der Waals surface area contributed by atoms with Crippen LogP contribution in [0.3, 0.4) is 0 Å². The maximum absolute atomic E-state index is 12.1. The van der Waals surface area contributed by atoms with E-state index in [4.69, 9.17) is 4.74 Å². The molecule has 1 aliphatic heterocycles. The first-order chi connectivity index (χ1) is 18.0. The van der Waals surface area contributed by atoms with Gasteiger partial charge in [0, 0.05) is 39.3 Å². The summed E-state index contributed by atoms with van der Waals surface area (Å²) >= 11 is 0. The number of ether oxygens (including phenoxy) is 1. The Morgan fingerprint density at radius 2 is 1.50 bits per heavy atom.